The second kappa shape index (κ2) is 40.4. The Hall–Kier alpha value is -1.87. The number of hydrogen-bond donors (Lipinski definition) is 4. The Balaban J connectivity index is 2.37. The van der Waals surface area contributed by atoms with E-state index in [1.165, 1.54) is 122 Å². The molecular weight excluding hydrogens is 825 g/mol. The summed E-state index contributed by atoms with van der Waals surface area (Å²) in [6, 6.07) is 0. The number of unbranched alkanes of at least 4 members (excludes halogenated alkanes) is 27. The monoisotopic (exact) mass is 917 g/mol. The molecule has 0 aromatic carbocycles. The number of allylic oxidation sites excluding steroid dienone is 4. The number of ether oxygens (including phenoxy) is 4. The van der Waals surface area contributed by atoms with Crippen molar-refractivity contribution in [2.75, 3.05) is 19.0 Å². The first-order valence-corrected chi connectivity index (χ1v) is 27.0. The second-order valence-electron chi connectivity index (χ2n) is 17.8. The van der Waals surface area contributed by atoms with E-state index in [0.29, 0.717) is 12.8 Å². The standard InChI is InChI=1S/C50H92O12S/c1-3-5-7-9-11-13-15-17-19-20-21-22-23-25-26-28-30-32-34-36-38-45(51)59-40-43(41-60-50-49(55)48(54)47(53)44(62-50)42-63(56,57)58)61-46(52)39-37-35-33-31-29-27-24-18-16-14-12-10-8-6-4-2/h12,14,18,24,43-44,47-50,53-55H,3-11,13,15-17,19-23,25-42H2,1-2H3,(H,56,57,58)/b14-12+,24-18+/t43-,44-,47-,48?,49?,50+/m1/s1. The van der Waals surface area contributed by atoms with Crippen LogP contribution >= 0.6 is 0 Å². The molecule has 0 aliphatic carbocycles. The van der Waals surface area contributed by atoms with Gasteiger partial charge in [0.25, 0.3) is 10.1 Å². The van der Waals surface area contributed by atoms with Gasteiger partial charge in [0.1, 0.15) is 36.8 Å². The average molecular weight is 917 g/mol. The largest absolute Gasteiger partial charge is 0.462 e. The van der Waals surface area contributed by atoms with Gasteiger partial charge in [0.2, 0.25) is 0 Å². The maximum absolute atomic E-state index is 12.8. The van der Waals surface area contributed by atoms with E-state index < -0.39 is 71.2 Å². The van der Waals surface area contributed by atoms with E-state index in [2.05, 4.69) is 38.2 Å². The average Bonchev–Trinajstić information content (AvgIpc) is 3.25. The first kappa shape index (κ1) is 59.1. The summed E-state index contributed by atoms with van der Waals surface area (Å²) in [5.74, 6) is -1.99. The van der Waals surface area contributed by atoms with Gasteiger partial charge in [-0.15, -0.1) is 0 Å². The van der Waals surface area contributed by atoms with Crippen LogP contribution in [0.2, 0.25) is 0 Å². The molecule has 370 valence electrons. The van der Waals surface area contributed by atoms with Gasteiger partial charge in [-0.05, 0) is 44.9 Å². The van der Waals surface area contributed by atoms with Crippen molar-refractivity contribution >= 4 is 22.1 Å². The first-order chi connectivity index (χ1) is 30.5. The molecule has 13 heteroatoms. The van der Waals surface area contributed by atoms with Gasteiger partial charge in [-0.25, -0.2) is 0 Å². The van der Waals surface area contributed by atoms with Crippen LogP contribution in [-0.2, 0) is 38.7 Å². The van der Waals surface area contributed by atoms with Crippen LogP contribution in [-0.4, -0.2) is 96.0 Å². The van der Waals surface area contributed by atoms with Gasteiger partial charge < -0.3 is 34.3 Å². The third kappa shape index (κ3) is 35.1. The number of rotatable bonds is 43. The highest BCUT2D eigenvalue weighted by Crippen LogP contribution is 2.24. The topological polar surface area (TPSA) is 186 Å². The van der Waals surface area contributed by atoms with Gasteiger partial charge in [0, 0.05) is 12.8 Å². The minimum absolute atomic E-state index is 0.151. The Bertz CT molecular complexity index is 1260. The van der Waals surface area contributed by atoms with Gasteiger partial charge in [-0.2, -0.15) is 8.42 Å². The molecule has 1 saturated heterocycles. The zero-order valence-electron chi connectivity index (χ0n) is 39.7. The molecule has 1 rings (SSSR count). The summed E-state index contributed by atoms with van der Waals surface area (Å²) >= 11 is 0. The molecule has 0 aromatic heterocycles. The molecule has 0 saturated carbocycles. The van der Waals surface area contributed by atoms with E-state index in [4.69, 9.17) is 18.9 Å². The molecule has 63 heavy (non-hydrogen) atoms. The molecule has 0 spiro atoms. The smallest absolute Gasteiger partial charge is 0.306 e. The number of hydrogen-bond acceptors (Lipinski definition) is 11. The van der Waals surface area contributed by atoms with Gasteiger partial charge in [-0.1, -0.05) is 192 Å². The van der Waals surface area contributed by atoms with Crippen molar-refractivity contribution in [3.05, 3.63) is 24.3 Å². The lowest BCUT2D eigenvalue weighted by atomic mass is 10.00. The molecule has 0 aromatic rings. The first-order valence-electron chi connectivity index (χ1n) is 25.4. The van der Waals surface area contributed by atoms with Crippen molar-refractivity contribution in [3.8, 4) is 0 Å². The lowest BCUT2D eigenvalue weighted by molar-refractivity contribution is -0.297. The molecule has 2 unspecified atom stereocenters. The Morgan fingerprint density at radius 1 is 0.540 bits per heavy atom. The summed E-state index contributed by atoms with van der Waals surface area (Å²) in [7, 11) is -4.60. The lowest BCUT2D eigenvalue weighted by Crippen LogP contribution is -2.60. The van der Waals surface area contributed by atoms with Crippen LogP contribution in [0.3, 0.4) is 0 Å². The summed E-state index contributed by atoms with van der Waals surface area (Å²) in [6.45, 7) is 3.75. The second-order valence-corrected chi connectivity index (χ2v) is 19.3. The summed E-state index contributed by atoms with van der Waals surface area (Å²) in [5, 5.41) is 30.9. The Labute approximate surface area is 383 Å². The van der Waals surface area contributed by atoms with Gasteiger partial charge in [0.05, 0.1) is 6.61 Å². The van der Waals surface area contributed by atoms with Crippen molar-refractivity contribution in [2.24, 2.45) is 0 Å². The molecule has 6 atom stereocenters. The van der Waals surface area contributed by atoms with E-state index in [-0.39, 0.29) is 19.4 Å². The highest BCUT2D eigenvalue weighted by molar-refractivity contribution is 7.85. The van der Waals surface area contributed by atoms with Crippen molar-refractivity contribution in [2.45, 2.75) is 263 Å². The van der Waals surface area contributed by atoms with E-state index in [9.17, 15) is 37.9 Å². The van der Waals surface area contributed by atoms with Crippen molar-refractivity contribution < 1.29 is 56.8 Å². The summed E-state index contributed by atoms with van der Waals surface area (Å²) < 4.78 is 54.2. The van der Waals surface area contributed by atoms with Gasteiger partial charge in [-0.3, -0.25) is 14.1 Å². The normalized spacial score (nSPS) is 19.9. The van der Waals surface area contributed by atoms with Crippen molar-refractivity contribution in [3.63, 3.8) is 0 Å². The summed E-state index contributed by atoms with van der Waals surface area (Å²) in [5.41, 5.74) is 0. The minimum Gasteiger partial charge on any atom is -0.462 e. The number of carbonyl (C=O) groups excluding carboxylic acids is 2. The number of aliphatic hydroxyl groups excluding tert-OH is 3. The predicted octanol–water partition coefficient (Wildman–Crippen LogP) is 11.2. The number of esters is 2. The molecule has 0 radical (unpaired) electrons. The van der Waals surface area contributed by atoms with Gasteiger partial charge in [0.15, 0.2) is 12.4 Å². The van der Waals surface area contributed by atoms with Crippen molar-refractivity contribution in [1.29, 1.82) is 0 Å². The molecule has 1 fully saturated rings. The summed E-state index contributed by atoms with van der Waals surface area (Å²) in [4.78, 5) is 25.5. The molecule has 1 aliphatic rings. The minimum atomic E-state index is -4.60. The van der Waals surface area contributed by atoms with Crippen LogP contribution in [0.25, 0.3) is 0 Å². The molecule has 1 aliphatic heterocycles. The highest BCUT2D eigenvalue weighted by atomic mass is 32.2. The van der Waals surface area contributed by atoms with Crippen LogP contribution in [0.15, 0.2) is 24.3 Å². The number of carbonyl (C=O) groups is 2. The fourth-order valence-corrected chi connectivity index (χ4v) is 8.52. The van der Waals surface area contributed by atoms with Crippen LogP contribution in [0.1, 0.15) is 226 Å². The SMILES string of the molecule is CCCCC/C=C/C/C=C/CCCCCCCC(=O)O[C@H](COC(=O)CCCCCCCCCCCCCCCCCCCCCC)CO[C@H]1O[C@H](CS(=O)(=O)O)[C@@H](O)C(O)C1O. The van der Waals surface area contributed by atoms with E-state index in [0.717, 1.165) is 64.2 Å². The van der Waals surface area contributed by atoms with E-state index in [1.54, 1.807) is 0 Å². The Morgan fingerprint density at radius 2 is 0.952 bits per heavy atom. The van der Waals surface area contributed by atoms with E-state index >= 15 is 0 Å². The van der Waals surface area contributed by atoms with Crippen LogP contribution in [0.5, 0.6) is 0 Å². The zero-order chi connectivity index (χ0) is 46.2. The predicted molar refractivity (Wildman–Crippen MR) is 252 cm³/mol. The molecule has 0 amide bonds. The molecule has 12 nitrogen and oxygen atoms in total. The van der Waals surface area contributed by atoms with E-state index in [1.807, 2.05) is 0 Å². The maximum atomic E-state index is 12.8. The van der Waals surface area contributed by atoms with Crippen molar-refractivity contribution in [1.82, 2.24) is 0 Å². The quantitative estimate of drug-likeness (QED) is 0.0197. The van der Waals surface area contributed by atoms with Crippen LogP contribution < -0.4 is 0 Å². The fraction of sp³-hybridized carbons (Fsp3) is 0.880. The Kier molecular flexibility index (Phi) is 37.9. The molecule has 0 bridgehead atoms. The van der Waals surface area contributed by atoms with Gasteiger partial charge >= 0.3 is 11.9 Å². The fourth-order valence-electron chi connectivity index (χ4n) is 7.83. The van der Waals surface area contributed by atoms with Crippen LogP contribution in [0.4, 0.5) is 0 Å². The zero-order valence-corrected chi connectivity index (χ0v) is 40.5. The molecular formula is C50H92O12S. The maximum Gasteiger partial charge on any atom is 0.306 e. The molecule has 4 N–H and O–H groups in total. The summed E-state index contributed by atoms with van der Waals surface area (Å²) in [6.07, 6.45) is 36.5. The third-order valence-electron chi connectivity index (χ3n) is 11.8. The Morgan fingerprint density at radius 3 is 1.43 bits per heavy atom. The molecule has 1 heterocycles. The number of aliphatic hydroxyl groups is 3. The highest BCUT2D eigenvalue weighted by Gasteiger charge is 2.46. The van der Waals surface area contributed by atoms with Crippen LogP contribution in [0, 0.1) is 0 Å². The lowest BCUT2D eigenvalue weighted by Gasteiger charge is -2.40. The third-order valence-corrected chi connectivity index (χ3v) is 12.5.